The fraction of sp³-hybridized carbons (Fsp3) is 0.500. The van der Waals surface area contributed by atoms with Gasteiger partial charge in [0.05, 0.1) is 0 Å². The molecule has 0 aliphatic rings. The van der Waals surface area contributed by atoms with Crippen LogP contribution in [0.4, 0.5) is 57.1 Å². The smallest absolute Gasteiger partial charge is 0.430 e. The molecule has 0 amide bonds. The van der Waals surface area contributed by atoms with Crippen LogP contribution in [0.25, 0.3) is 0 Å². The molecule has 1 aromatic rings. The third kappa shape index (κ3) is 3.31. The van der Waals surface area contributed by atoms with Crippen molar-refractivity contribution < 1.29 is 72.4 Å². The molecule has 3 nitrogen and oxygen atoms in total. The second kappa shape index (κ2) is 6.27. The van der Waals surface area contributed by atoms with E-state index in [0.717, 1.165) is 0 Å². The molecule has 0 saturated heterocycles. The Kier molecular flexibility index (Phi) is 5.39. The van der Waals surface area contributed by atoms with E-state index in [9.17, 15) is 57.1 Å². The summed E-state index contributed by atoms with van der Waals surface area (Å²) in [6, 6.07) is -2.39. The lowest BCUT2D eigenvalue weighted by Gasteiger charge is -2.36. The fourth-order valence-corrected chi connectivity index (χ4v) is 2.06. The number of aromatic hydroxyl groups is 1. The van der Waals surface area contributed by atoms with Gasteiger partial charge in [0, 0.05) is 17.2 Å². The van der Waals surface area contributed by atoms with E-state index >= 15 is 0 Å². The Labute approximate surface area is 144 Å². The van der Waals surface area contributed by atoms with Gasteiger partial charge in [0.25, 0.3) is 11.2 Å². The molecule has 0 spiro atoms. The van der Waals surface area contributed by atoms with E-state index in [1.807, 2.05) is 0 Å². The highest BCUT2D eigenvalue weighted by Gasteiger charge is 2.75. The number of hydrogen-bond donors (Lipinski definition) is 3. The molecule has 0 aliphatic heterocycles. The van der Waals surface area contributed by atoms with E-state index < -0.39 is 70.7 Å². The summed E-state index contributed by atoms with van der Waals surface area (Å²) in [4.78, 5) is 0. The van der Waals surface area contributed by atoms with Crippen LogP contribution in [0.3, 0.4) is 0 Å². The van der Waals surface area contributed by atoms with Gasteiger partial charge < -0.3 is 15.3 Å². The topological polar surface area (TPSA) is 60.7 Å². The van der Waals surface area contributed by atoms with E-state index in [4.69, 9.17) is 15.3 Å². The van der Waals surface area contributed by atoms with Gasteiger partial charge in [-0.25, -0.2) is 4.39 Å². The van der Waals surface area contributed by atoms with Gasteiger partial charge in [-0.3, -0.25) is 0 Å². The standard InChI is InChI=1S/C12H5F13O3/c13-5-2-6(26)4(8(28,11(20,21)22)12(23,24)25)1-3(5)7(27,9(14,15)16)10(17,18)19/h1-2,26-28H. The first kappa shape index (κ1) is 24.1. The summed E-state index contributed by atoms with van der Waals surface area (Å²) in [6.07, 6.45) is -27.4. The Hall–Kier alpha value is -1.97. The van der Waals surface area contributed by atoms with Crippen LogP contribution in [0, 0.1) is 5.82 Å². The highest BCUT2D eigenvalue weighted by Crippen LogP contribution is 2.55. The van der Waals surface area contributed by atoms with Crippen molar-refractivity contribution in [3.63, 3.8) is 0 Å². The van der Waals surface area contributed by atoms with Crippen LogP contribution in [0.2, 0.25) is 0 Å². The number of phenolic OH excluding ortho intramolecular Hbond substituents is 1. The molecule has 0 atom stereocenters. The minimum atomic E-state index is -6.88. The summed E-state index contributed by atoms with van der Waals surface area (Å²) in [5, 5.41) is 27.2. The largest absolute Gasteiger partial charge is 0.507 e. The lowest BCUT2D eigenvalue weighted by atomic mass is 9.84. The Morgan fingerprint density at radius 2 is 0.821 bits per heavy atom. The maximum atomic E-state index is 13.6. The third-order valence-electron chi connectivity index (χ3n) is 3.51. The molecule has 0 aliphatic carbocycles. The molecule has 0 saturated carbocycles. The molecule has 1 aromatic carbocycles. The SMILES string of the molecule is Oc1cc(F)c(C(O)(C(F)(F)F)C(F)(F)F)cc1C(O)(C(F)(F)F)C(F)(F)F. The maximum Gasteiger partial charge on any atom is 0.430 e. The van der Waals surface area contributed by atoms with E-state index in [0.29, 0.717) is 0 Å². The third-order valence-corrected chi connectivity index (χ3v) is 3.51. The monoisotopic (exact) mass is 444 g/mol. The van der Waals surface area contributed by atoms with Crippen LogP contribution >= 0.6 is 0 Å². The summed E-state index contributed by atoms with van der Waals surface area (Å²) < 4.78 is 167. The fourth-order valence-electron chi connectivity index (χ4n) is 2.06. The molecular weight excluding hydrogens is 439 g/mol. The zero-order chi connectivity index (χ0) is 22.7. The second-order valence-corrected chi connectivity index (χ2v) is 5.26. The molecule has 3 N–H and O–H groups in total. The minimum absolute atomic E-state index is 0.977. The molecule has 16 heteroatoms. The molecule has 0 bridgehead atoms. The normalized spacial score (nSPS) is 15.1. The Morgan fingerprint density at radius 3 is 1.11 bits per heavy atom. The molecule has 1 rings (SSSR count). The first-order chi connectivity index (χ1) is 12.0. The number of phenols is 1. The Bertz CT molecular complexity index is 654. The minimum Gasteiger partial charge on any atom is -0.507 e. The predicted molar refractivity (Wildman–Crippen MR) is 60.1 cm³/mol. The zero-order valence-electron chi connectivity index (χ0n) is 12.4. The Morgan fingerprint density at radius 1 is 0.536 bits per heavy atom. The average molecular weight is 444 g/mol. The summed E-state index contributed by atoms with van der Waals surface area (Å²) in [5.74, 6) is -5.34. The quantitative estimate of drug-likeness (QED) is 0.601. The van der Waals surface area contributed by atoms with Gasteiger partial charge in [-0.15, -0.1) is 0 Å². The van der Waals surface area contributed by atoms with Crippen LogP contribution in [-0.4, -0.2) is 40.0 Å². The number of hydrogen-bond acceptors (Lipinski definition) is 3. The number of alkyl halides is 12. The number of halogens is 13. The van der Waals surface area contributed by atoms with Crippen molar-refractivity contribution in [3.05, 3.63) is 29.1 Å². The van der Waals surface area contributed by atoms with Gasteiger partial charge in [0.15, 0.2) is 0 Å². The van der Waals surface area contributed by atoms with E-state index in [-0.39, 0.29) is 0 Å². The highest BCUT2D eigenvalue weighted by atomic mass is 19.4. The summed E-state index contributed by atoms with van der Waals surface area (Å²) >= 11 is 0. The molecule has 162 valence electrons. The Balaban J connectivity index is 4.08. The van der Waals surface area contributed by atoms with Crippen molar-refractivity contribution in [2.24, 2.45) is 0 Å². The van der Waals surface area contributed by atoms with Crippen LogP contribution in [0.5, 0.6) is 5.75 Å². The van der Waals surface area contributed by atoms with Crippen molar-refractivity contribution in [1.29, 1.82) is 0 Å². The van der Waals surface area contributed by atoms with Crippen LogP contribution < -0.4 is 0 Å². The summed E-state index contributed by atoms with van der Waals surface area (Å²) in [7, 11) is 0. The number of benzene rings is 1. The van der Waals surface area contributed by atoms with E-state index in [1.54, 1.807) is 0 Å². The van der Waals surface area contributed by atoms with Gasteiger partial charge in [0.1, 0.15) is 11.6 Å². The number of rotatable bonds is 2. The predicted octanol–water partition coefficient (Wildman–Crippen LogP) is 4.16. The van der Waals surface area contributed by atoms with Gasteiger partial charge in [0.2, 0.25) is 0 Å². The maximum absolute atomic E-state index is 13.6. The van der Waals surface area contributed by atoms with Crippen molar-refractivity contribution in [2.75, 3.05) is 0 Å². The van der Waals surface area contributed by atoms with Crippen LogP contribution in [0.1, 0.15) is 11.1 Å². The average Bonchev–Trinajstić information content (AvgIpc) is 2.41. The lowest BCUT2D eigenvalue weighted by molar-refractivity contribution is -0.379. The summed E-state index contributed by atoms with van der Waals surface area (Å²) in [6.45, 7) is 0. The van der Waals surface area contributed by atoms with Crippen molar-refractivity contribution >= 4 is 0 Å². The van der Waals surface area contributed by atoms with Gasteiger partial charge in [-0.1, -0.05) is 0 Å². The molecular formula is C12H5F13O3. The van der Waals surface area contributed by atoms with Gasteiger partial charge >= 0.3 is 24.7 Å². The van der Waals surface area contributed by atoms with Crippen molar-refractivity contribution in [3.8, 4) is 5.75 Å². The molecule has 0 radical (unpaired) electrons. The second-order valence-electron chi connectivity index (χ2n) is 5.26. The lowest BCUT2D eigenvalue weighted by Crippen LogP contribution is -2.56. The first-order valence-corrected chi connectivity index (χ1v) is 6.28. The van der Waals surface area contributed by atoms with E-state index in [1.165, 1.54) is 0 Å². The zero-order valence-corrected chi connectivity index (χ0v) is 12.4. The summed E-state index contributed by atoms with van der Waals surface area (Å²) in [5.41, 5.74) is -18.7. The van der Waals surface area contributed by atoms with Crippen molar-refractivity contribution in [1.82, 2.24) is 0 Å². The highest BCUT2D eigenvalue weighted by molar-refractivity contribution is 5.45. The molecule has 0 heterocycles. The molecule has 0 unspecified atom stereocenters. The molecule has 0 fully saturated rings. The van der Waals surface area contributed by atoms with Crippen molar-refractivity contribution in [2.45, 2.75) is 35.9 Å². The van der Waals surface area contributed by atoms with E-state index in [2.05, 4.69) is 0 Å². The van der Waals surface area contributed by atoms with Crippen LogP contribution in [0.15, 0.2) is 12.1 Å². The van der Waals surface area contributed by atoms with Gasteiger partial charge in [-0.05, 0) is 6.07 Å². The molecule has 28 heavy (non-hydrogen) atoms. The first-order valence-electron chi connectivity index (χ1n) is 6.28. The number of aliphatic hydroxyl groups is 2. The van der Waals surface area contributed by atoms with Gasteiger partial charge in [-0.2, -0.15) is 52.7 Å². The van der Waals surface area contributed by atoms with Crippen LogP contribution in [-0.2, 0) is 11.2 Å². The molecule has 0 aromatic heterocycles.